The van der Waals surface area contributed by atoms with Crippen molar-refractivity contribution in [1.29, 1.82) is 0 Å². The number of aliphatic hydroxyl groups excluding tert-OH is 2. The minimum absolute atomic E-state index is 0.0510. The molecule has 1 atom stereocenters. The second-order valence-corrected chi connectivity index (χ2v) is 4.12. The fourth-order valence-corrected chi connectivity index (χ4v) is 1.52. The minimum Gasteiger partial charge on any atom is -0.460 e. The molecule has 0 aliphatic carbocycles. The fraction of sp³-hybridized carbons (Fsp3) is 0.769. The Balaban J connectivity index is 3.24. The van der Waals surface area contributed by atoms with Crippen molar-refractivity contribution < 1.29 is 19.7 Å². The molecule has 0 spiro atoms. The summed E-state index contributed by atoms with van der Waals surface area (Å²) in [6.45, 7) is 3.60. The second-order valence-electron chi connectivity index (χ2n) is 4.12. The maximum absolute atomic E-state index is 10.7. The zero-order valence-corrected chi connectivity index (χ0v) is 10.4. The number of ether oxygens (including phenoxy) is 1. The third kappa shape index (κ3) is 11.4. The van der Waals surface area contributed by atoms with Crippen molar-refractivity contribution in [3.05, 3.63) is 12.7 Å². The van der Waals surface area contributed by atoms with Crippen molar-refractivity contribution in [2.24, 2.45) is 0 Å². The lowest BCUT2D eigenvalue weighted by molar-refractivity contribution is -0.140. The summed E-state index contributed by atoms with van der Waals surface area (Å²) in [5.41, 5.74) is 0. The average Bonchev–Trinajstić information content (AvgIpc) is 2.34. The van der Waals surface area contributed by atoms with E-state index in [-0.39, 0.29) is 13.2 Å². The second kappa shape index (κ2) is 11.6. The minimum atomic E-state index is -0.573. The first-order valence-corrected chi connectivity index (χ1v) is 6.28. The third-order valence-corrected chi connectivity index (χ3v) is 2.53. The average molecular weight is 244 g/mol. The molecule has 0 saturated heterocycles. The van der Waals surface area contributed by atoms with E-state index in [1.165, 1.54) is 0 Å². The lowest BCUT2D eigenvalue weighted by Gasteiger charge is -2.09. The molecule has 0 heterocycles. The molecule has 0 bridgehead atoms. The van der Waals surface area contributed by atoms with Crippen LogP contribution in [0.4, 0.5) is 0 Å². The van der Waals surface area contributed by atoms with Crippen molar-refractivity contribution in [2.75, 3.05) is 13.2 Å². The summed E-state index contributed by atoms with van der Waals surface area (Å²) in [6, 6.07) is 0. The van der Waals surface area contributed by atoms with Crippen molar-refractivity contribution >= 4 is 5.97 Å². The van der Waals surface area contributed by atoms with E-state index in [1.54, 1.807) is 0 Å². The van der Waals surface area contributed by atoms with Crippen LogP contribution in [0.3, 0.4) is 0 Å². The molecular weight excluding hydrogens is 220 g/mol. The van der Waals surface area contributed by atoms with Crippen molar-refractivity contribution in [3.63, 3.8) is 0 Å². The van der Waals surface area contributed by atoms with Gasteiger partial charge in [0.25, 0.3) is 0 Å². The van der Waals surface area contributed by atoms with Crippen LogP contribution in [0.2, 0.25) is 0 Å². The zero-order valence-electron chi connectivity index (χ0n) is 10.4. The van der Waals surface area contributed by atoms with Gasteiger partial charge in [0.05, 0.1) is 6.10 Å². The molecule has 4 nitrogen and oxygen atoms in total. The van der Waals surface area contributed by atoms with Crippen LogP contribution in [0.15, 0.2) is 12.7 Å². The van der Waals surface area contributed by atoms with Gasteiger partial charge in [0.15, 0.2) is 0 Å². The van der Waals surface area contributed by atoms with Gasteiger partial charge in [0, 0.05) is 12.7 Å². The van der Waals surface area contributed by atoms with Crippen LogP contribution in [0.1, 0.15) is 44.9 Å². The van der Waals surface area contributed by atoms with Gasteiger partial charge in [-0.15, -0.1) is 0 Å². The van der Waals surface area contributed by atoms with Gasteiger partial charge in [-0.1, -0.05) is 38.7 Å². The Hall–Kier alpha value is -0.870. The SMILES string of the molecule is C=CC(=O)OCC(O)CCCCCCCCO. The smallest absolute Gasteiger partial charge is 0.330 e. The zero-order chi connectivity index (χ0) is 12.9. The van der Waals surface area contributed by atoms with Crippen molar-refractivity contribution in [3.8, 4) is 0 Å². The molecule has 0 aliphatic rings. The molecule has 0 radical (unpaired) electrons. The summed E-state index contributed by atoms with van der Waals surface area (Å²) in [5, 5.41) is 18.1. The Labute approximate surface area is 103 Å². The Morgan fingerprint density at radius 1 is 1.18 bits per heavy atom. The Morgan fingerprint density at radius 2 is 1.76 bits per heavy atom. The first-order chi connectivity index (χ1) is 8.20. The largest absolute Gasteiger partial charge is 0.460 e. The van der Waals surface area contributed by atoms with Gasteiger partial charge in [-0.05, 0) is 12.8 Å². The van der Waals surface area contributed by atoms with E-state index in [0.29, 0.717) is 6.42 Å². The number of unbranched alkanes of at least 4 members (excludes halogenated alkanes) is 5. The highest BCUT2D eigenvalue weighted by Gasteiger charge is 2.06. The van der Waals surface area contributed by atoms with Crippen molar-refractivity contribution in [1.82, 2.24) is 0 Å². The summed E-state index contributed by atoms with van der Waals surface area (Å²) in [7, 11) is 0. The first-order valence-electron chi connectivity index (χ1n) is 6.28. The molecule has 1 unspecified atom stereocenters. The third-order valence-electron chi connectivity index (χ3n) is 2.53. The Bertz CT molecular complexity index is 204. The quantitative estimate of drug-likeness (QED) is 0.330. The molecule has 2 N–H and O–H groups in total. The van der Waals surface area contributed by atoms with Gasteiger partial charge in [0.2, 0.25) is 0 Å². The van der Waals surface area contributed by atoms with Crippen LogP contribution < -0.4 is 0 Å². The molecule has 0 aromatic heterocycles. The summed E-state index contributed by atoms with van der Waals surface area (Å²) >= 11 is 0. The number of carbonyl (C=O) groups is 1. The van der Waals surface area contributed by atoms with Gasteiger partial charge in [-0.2, -0.15) is 0 Å². The predicted octanol–water partition coefficient (Wildman–Crippen LogP) is 1.80. The number of esters is 1. The van der Waals surface area contributed by atoms with E-state index >= 15 is 0 Å². The highest BCUT2D eigenvalue weighted by Crippen LogP contribution is 2.08. The van der Waals surface area contributed by atoms with Crippen LogP contribution in [-0.2, 0) is 9.53 Å². The number of hydrogen-bond acceptors (Lipinski definition) is 4. The van der Waals surface area contributed by atoms with E-state index in [1.807, 2.05) is 0 Å². The highest BCUT2D eigenvalue weighted by atomic mass is 16.5. The standard InChI is InChI=1S/C13H24O4/c1-2-13(16)17-11-12(15)9-7-5-3-4-6-8-10-14/h2,12,14-15H,1,3-11H2. The molecule has 0 saturated carbocycles. The molecule has 0 rings (SSSR count). The molecular formula is C13H24O4. The molecule has 0 amide bonds. The molecule has 100 valence electrons. The van der Waals surface area contributed by atoms with E-state index < -0.39 is 12.1 Å². The van der Waals surface area contributed by atoms with Gasteiger partial charge < -0.3 is 14.9 Å². The summed E-state index contributed by atoms with van der Waals surface area (Å²) in [6.07, 6.45) is 7.37. The lowest BCUT2D eigenvalue weighted by Crippen LogP contribution is -2.17. The Morgan fingerprint density at radius 3 is 2.35 bits per heavy atom. The van der Waals surface area contributed by atoms with Crippen LogP contribution in [0, 0.1) is 0 Å². The fourth-order valence-electron chi connectivity index (χ4n) is 1.52. The highest BCUT2D eigenvalue weighted by molar-refractivity contribution is 5.81. The van der Waals surface area contributed by atoms with Crippen LogP contribution in [0.5, 0.6) is 0 Å². The first kappa shape index (κ1) is 16.1. The molecule has 17 heavy (non-hydrogen) atoms. The van der Waals surface area contributed by atoms with E-state index in [9.17, 15) is 9.90 Å². The molecule has 0 aliphatic heterocycles. The molecule has 0 aromatic rings. The predicted molar refractivity (Wildman–Crippen MR) is 66.6 cm³/mol. The molecule has 0 fully saturated rings. The van der Waals surface area contributed by atoms with Crippen LogP contribution in [-0.4, -0.2) is 35.5 Å². The number of carbonyl (C=O) groups excluding carboxylic acids is 1. The molecule has 4 heteroatoms. The maximum atomic E-state index is 10.7. The number of hydrogen-bond donors (Lipinski definition) is 2. The van der Waals surface area contributed by atoms with E-state index in [0.717, 1.165) is 44.6 Å². The van der Waals surface area contributed by atoms with Crippen molar-refractivity contribution in [2.45, 2.75) is 51.0 Å². The summed E-state index contributed by atoms with van der Waals surface area (Å²) in [4.78, 5) is 10.7. The normalized spacial score (nSPS) is 12.1. The van der Waals surface area contributed by atoms with Gasteiger partial charge in [0.1, 0.15) is 6.61 Å². The number of aliphatic hydroxyl groups is 2. The van der Waals surface area contributed by atoms with Gasteiger partial charge in [-0.3, -0.25) is 0 Å². The van der Waals surface area contributed by atoms with E-state index in [2.05, 4.69) is 6.58 Å². The Kier molecular flexibility index (Phi) is 11.0. The summed E-state index contributed by atoms with van der Waals surface area (Å²) in [5.74, 6) is -0.493. The number of rotatable bonds is 11. The monoisotopic (exact) mass is 244 g/mol. The maximum Gasteiger partial charge on any atom is 0.330 e. The van der Waals surface area contributed by atoms with E-state index in [4.69, 9.17) is 9.84 Å². The van der Waals surface area contributed by atoms with Gasteiger partial charge in [-0.25, -0.2) is 4.79 Å². The lowest BCUT2D eigenvalue weighted by atomic mass is 10.1. The summed E-state index contributed by atoms with van der Waals surface area (Å²) < 4.78 is 4.73. The van der Waals surface area contributed by atoms with Gasteiger partial charge >= 0.3 is 5.97 Å². The van der Waals surface area contributed by atoms with Crippen LogP contribution in [0.25, 0.3) is 0 Å². The molecule has 0 aromatic carbocycles. The van der Waals surface area contributed by atoms with Crippen LogP contribution >= 0.6 is 0 Å². The topological polar surface area (TPSA) is 66.8 Å².